The fourth-order valence-electron chi connectivity index (χ4n) is 2.22. The summed E-state index contributed by atoms with van der Waals surface area (Å²) in [6, 6.07) is 6.86. The molecule has 0 unspecified atom stereocenters. The number of aromatic carboxylic acids is 1. The molecule has 1 aromatic heterocycles. The van der Waals surface area contributed by atoms with E-state index < -0.39 is 5.97 Å². The molecule has 0 aliphatic carbocycles. The van der Waals surface area contributed by atoms with Crippen molar-refractivity contribution in [1.29, 1.82) is 0 Å². The van der Waals surface area contributed by atoms with Gasteiger partial charge in [0.05, 0.1) is 16.9 Å². The Kier molecular flexibility index (Phi) is 4.07. The maximum Gasteiger partial charge on any atom is 0.338 e. The third kappa shape index (κ3) is 3.28. The largest absolute Gasteiger partial charge is 0.478 e. The van der Waals surface area contributed by atoms with E-state index in [1.807, 2.05) is 19.9 Å². The number of benzene rings is 1. The van der Waals surface area contributed by atoms with Crippen molar-refractivity contribution >= 4 is 17.6 Å². The van der Waals surface area contributed by atoms with Crippen LogP contribution in [0.15, 0.2) is 24.3 Å². The topological polar surface area (TPSA) is 84.2 Å². The number of aromatic nitrogens is 2. The van der Waals surface area contributed by atoms with Crippen LogP contribution in [0.5, 0.6) is 0 Å². The quantitative estimate of drug-likeness (QED) is 0.902. The first-order valence-electron chi connectivity index (χ1n) is 6.52. The Morgan fingerprint density at radius 2 is 2.00 bits per heavy atom. The summed E-state index contributed by atoms with van der Waals surface area (Å²) in [4.78, 5) is 23.3. The van der Waals surface area contributed by atoms with Crippen molar-refractivity contribution in [2.45, 2.75) is 27.3 Å². The minimum absolute atomic E-state index is 0.0483. The molecule has 0 aliphatic rings. The average Bonchev–Trinajstić information content (AvgIpc) is 2.67. The molecule has 6 nitrogen and oxygen atoms in total. The van der Waals surface area contributed by atoms with Crippen molar-refractivity contribution in [2.75, 3.05) is 5.32 Å². The van der Waals surface area contributed by atoms with Gasteiger partial charge in [0.2, 0.25) is 5.91 Å². The van der Waals surface area contributed by atoms with Gasteiger partial charge in [-0.1, -0.05) is 12.1 Å². The number of hydrogen-bond acceptors (Lipinski definition) is 3. The number of carbonyl (C=O) groups excluding carboxylic acids is 1. The zero-order valence-electron chi connectivity index (χ0n) is 12.2. The molecule has 0 fully saturated rings. The fraction of sp³-hybridized carbons (Fsp3) is 0.267. The summed E-state index contributed by atoms with van der Waals surface area (Å²) in [5, 5.41) is 16.1. The predicted molar refractivity (Wildman–Crippen MR) is 78.5 cm³/mol. The van der Waals surface area contributed by atoms with Crippen LogP contribution in [0.4, 0.5) is 5.69 Å². The van der Waals surface area contributed by atoms with Crippen LogP contribution in [-0.4, -0.2) is 26.8 Å². The molecule has 1 aromatic carbocycles. The summed E-state index contributed by atoms with van der Waals surface area (Å²) in [5.74, 6) is -1.37. The lowest BCUT2D eigenvalue weighted by atomic mass is 10.1. The number of nitrogens with zero attached hydrogens (tertiary/aromatic N) is 2. The van der Waals surface area contributed by atoms with E-state index in [4.69, 9.17) is 0 Å². The zero-order valence-corrected chi connectivity index (χ0v) is 12.2. The van der Waals surface area contributed by atoms with Crippen LogP contribution in [0.3, 0.4) is 0 Å². The lowest BCUT2D eigenvalue weighted by molar-refractivity contribution is -0.116. The van der Waals surface area contributed by atoms with E-state index in [1.165, 1.54) is 0 Å². The number of carbonyl (C=O) groups is 2. The fourth-order valence-corrected chi connectivity index (χ4v) is 2.22. The molecule has 0 saturated carbocycles. The van der Waals surface area contributed by atoms with E-state index in [0.717, 1.165) is 11.4 Å². The number of anilines is 1. The van der Waals surface area contributed by atoms with E-state index in [1.54, 1.807) is 29.8 Å². The molecule has 2 rings (SSSR count). The van der Waals surface area contributed by atoms with Gasteiger partial charge in [0.25, 0.3) is 0 Å². The number of carboxylic acids is 1. The minimum Gasteiger partial charge on any atom is -0.478 e. The second-order valence-electron chi connectivity index (χ2n) is 4.94. The average molecular weight is 287 g/mol. The molecule has 0 atom stereocenters. The van der Waals surface area contributed by atoms with E-state index in [-0.39, 0.29) is 18.0 Å². The number of aryl methyl sites for hydroxylation is 3. The summed E-state index contributed by atoms with van der Waals surface area (Å²) in [6.45, 7) is 5.46. The third-order valence-electron chi connectivity index (χ3n) is 3.16. The molecule has 110 valence electrons. The van der Waals surface area contributed by atoms with Crippen LogP contribution in [0.1, 0.15) is 27.3 Å². The maximum absolute atomic E-state index is 12.1. The van der Waals surface area contributed by atoms with Gasteiger partial charge in [0.15, 0.2) is 0 Å². The second kappa shape index (κ2) is 5.78. The van der Waals surface area contributed by atoms with Crippen molar-refractivity contribution in [2.24, 2.45) is 0 Å². The minimum atomic E-state index is -1.06. The molecule has 1 amide bonds. The van der Waals surface area contributed by atoms with Gasteiger partial charge in [-0.2, -0.15) is 5.10 Å². The highest BCUT2D eigenvalue weighted by Gasteiger charge is 2.15. The molecule has 1 heterocycles. The first kappa shape index (κ1) is 14.8. The molecular weight excluding hydrogens is 270 g/mol. The molecule has 2 aromatic rings. The van der Waals surface area contributed by atoms with Crippen molar-refractivity contribution in [3.63, 3.8) is 0 Å². The van der Waals surface area contributed by atoms with E-state index in [2.05, 4.69) is 10.4 Å². The summed E-state index contributed by atoms with van der Waals surface area (Å²) in [5.41, 5.74) is 2.73. The highest BCUT2D eigenvalue weighted by Crippen LogP contribution is 2.19. The lowest BCUT2D eigenvalue weighted by Crippen LogP contribution is -2.22. The smallest absolute Gasteiger partial charge is 0.338 e. The van der Waals surface area contributed by atoms with E-state index >= 15 is 0 Å². The van der Waals surface area contributed by atoms with Gasteiger partial charge in [-0.3, -0.25) is 9.48 Å². The van der Waals surface area contributed by atoms with Crippen molar-refractivity contribution < 1.29 is 14.7 Å². The van der Waals surface area contributed by atoms with Gasteiger partial charge in [0.1, 0.15) is 6.54 Å². The number of amides is 1. The van der Waals surface area contributed by atoms with Gasteiger partial charge < -0.3 is 10.4 Å². The molecule has 0 aliphatic heterocycles. The van der Waals surface area contributed by atoms with Gasteiger partial charge in [-0.25, -0.2) is 4.79 Å². The Bertz CT molecular complexity index is 704. The van der Waals surface area contributed by atoms with E-state index in [9.17, 15) is 14.7 Å². The Hall–Kier alpha value is -2.63. The highest BCUT2D eigenvalue weighted by molar-refractivity contribution is 6.01. The van der Waals surface area contributed by atoms with Crippen LogP contribution < -0.4 is 5.32 Å². The SMILES string of the molecule is Cc1cc(C)n(CC(=O)Nc2cccc(C)c2C(=O)O)n1. The lowest BCUT2D eigenvalue weighted by Gasteiger charge is -2.11. The summed E-state index contributed by atoms with van der Waals surface area (Å²) < 4.78 is 1.58. The Labute approximate surface area is 122 Å². The predicted octanol–water partition coefficient (Wildman–Crippen LogP) is 2.15. The molecular formula is C15H17N3O3. The molecule has 6 heteroatoms. The summed E-state index contributed by atoms with van der Waals surface area (Å²) in [6.07, 6.45) is 0. The number of nitrogens with one attached hydrogen (secondary N) is 1. The van der Waals surface area contributed by atoms with Crippen LogP contribution in [-0.2, 0) is 11.3 Å². The standard InChI is InChI=1S/C15H17N3O3/c1-9-5-4-6-12(14(9)15(20)21)16-13(19)8-18-11(3)7-10(2)17-18/h4-7H,8H2,1-3H3,(H,16,19)(H,20,21). The maximum atomic E-state index is 12.1. The Morgan fingerprint density at radius 1 is 1.29 bits per heavy atom. The molecule has 21 heavy (non-hydrogen) atoms. The van der Waals surface area contributed by atoms with Crippen molar-refractivity contribution in [3.8, 4) is 0 Å². The Morgan fingerprint density at radius 3 is 2.57 bits per heavy atom. The van der Waals surface area contributed by atoms with Crippen LogP contribution in [0.25, 0.3) is 0 Å². The Balaban J connectivity index is 2.19. The summed E-state index contributed by atoms with van der Waals surface area (Å²) in [7, 11) is 0. The molecule has 0 saturated heterocycles. The van der Waals surface area contributed by atoms with Crippen LogP contribution >= 0.6 is 0 Å². The van der Waals surface area contributed by atoms with Gasteiger partial charge >= 0.3 is 5.97 Å². The molecule has 0 spiro atoms. The zero-order chi connectivity index (χ0) is 15.6. The van der Waals surface area contributed by atoms with Gasteiger partial charge in [-0.15, -0.1) is 0 Å². The molecule has 0 bridgehead atoms. The summed E-state index contributed by atoms with van der Waals surface area (Å²) >= 11 is 0. The first-order chi connectivity index (χ1) is 9.88. The molecule has 0 radical (unpaired) electrons. The third-order valence-corrected chi connectivity index (χ3v) is 3.16. The first-order valence-corrected chi connectivity index (χ1v) is 6.52. The highest BCUT2D eigenvalue weighted by atomic mass is 16.4. The number of hydrogen-bond donors (Lipinski definition) is 2. The van der Waals surface area contributed by atoms with Gasteiger partial charge in [0, 0.05) is 5.69 Å². The van der Waals surface area contributed by atoms with Crippen LogP contribution in [0.2, 0.25) is 0 Å². The van der Waals surface area contributed by atoms with Crippen molar-refractivity contribution in [1.82, 2.24) is 9.78 Å². The van der Waals surface area contributed by atoms with Gasteiger partial charge in [-0.05, 0) is 38.5 Å². The van der Waals surface area contributed by atoms with Crippen molar-refractivity contribution in [3.05, 3.63) is 46.8 Å². The van der Waals surface area contributed by atoms with Crippen LogP contribution in [0, 0.1) is 20.8 Å². The molecule has 2 N–H and O–H groups in total. The monoisotopic (exact) mass is 287 g/mol. The number of rotatable bonds is 4. The van der Waals surface area contributed by atoms with E-state index in [0.29, 0.717) is 11.3 Å². The normalized spacial score (nSPS) is 10.4. The number of carboxylic acid groups (broad SMARTS) is 1. The second-order valence-corrected chi connectivity index (χ2v) is 4.94.